The van der Waals surface area contributed by atoms with Crippen molar-refractivity contribution in [2.75, 3.05) is 7.11 Å². The molecule has 130 valence electrons. The summed E-state index contributed by atoms with van der Waals surface area (Å²) < 4.78 is 20.4. The third-order valence-corrected chi connectivity index (χ3v) is 3.92. The van der Waals surface area contributed by atoms with Crippen molar-refractivity contribution in [2.24, 2.45) is 4.99 Å². The molecule has 0 saturated carbocycles. The monoisotopic (exact) mass is 347 g/mol. The topological polar surface area (TPSA) is 113 Å². The molecular weight excluding hydrogens is 333 g/mol. The molecule has 0 N–H and O–H groups in total. The zero-order valence-corrected chi connectivity index (χ0v) is 13.5. The Morgan fingerprint density at radius 3 is 2.88 bits per heavy atom. The number of fused-ring (bicyclic) bond motifs is 1. The molecule has 1 aromatic heterocycles. The van der Waals surface area contributed by atoms with Crippen LogP contribution in [0, 0.1) is 15.9 Å². The number of carbonyl (C=O) groups is 1. The zero-order chi connectivity index (χ0) is 18.1. The number of nitro benzene ring substituents is 1. The SMILES string of the molecule is CCC1CC(C(=O)OC)=Nc2nc(-c3ccc([N+](=O)[O-])cc3F)nn21. The Bertz CT molecular complexity index is 892. The summed E-state index contributed by atoms with van der Waals surface area (Å²) in [5, 5.41) is 15.0. The highest BCUT2D eigenvalue weighted by Gasteiger charge is 2.29. The van der Waals surface area contributed by atoms with Crippen LogP contribution in [0.15, 0.2) is 23.2 Å². The van der Waals surface area contributed by atoms with Gasteiger partial charge in [-0.25, -0.2) is 18.9 Å². The molecule has 9 nitrogen and oxygen atoms in total. The maximum absolute atomic E-state index is 14.2. The van der Waals surface area contributed by atoms with Crippen molar-refractivity contribution in [1.82, 2.24) is 14.8 Å². The van der Waals surface area contributed by atoms with Gasteiger partial charge >= 0.3 is 5.97 Å². The summed E-state index contributed by atoms with van der Waals surface area (Å²) in [4.78, 5) is 30.1. The van der Waals surface area contributed by atoms with E-state index < -0.39 is 16.7 Å². The van der Waals surface area contributed by atoms with E-state index in [4.69, 9.17) is 4.74 Å². The van der Waals surface area contributed by atoms with Gasteiger partial charge in [0.25, 0.3) is 5.69 Å². The number of non-ortho nitro benzene ring substituents is 1. The summed E-state index contributed by atoms with van der Waals surface area (Å²) in [7, 11) is 1.27. The van der Waals surface area contributed by atoms with E-state index in [1.165, 1.54) is 23.9 Å². The predicted octanol–water partition coefficient (Wildman–Crippen LogP) is 2.59. The molecular formula is C15H14FN5O4. The fraction of sp³-hybridized carbons (Fsp3) is 0.333. The molecule has 0 bridgehead atoms. The van der Waals surface area contributed by atoms with Crippen LogP contribution >= 0.6 is 0 Å². The van der Waals surface area contributed by atoms with Crippen LogP contribution in [0.25, 0.3) is 11.4 Å². The molecule has 1 unspecified atom stereocenters. The largest absolute Gasteiger partial charge is 0.465 e. The van der Waals surface area contributed by atoms with Crippen LogP contribution in [0.3, 0.4) is 0 Å². The first-order valence-electron chi connectivity index (χ1n) is 7.51. The molecule has 10 heteroatoms. The van der Waals surface area contributed by atoms with Gasteiger partial charge in [0, 0.05) is 12.5 Å². The van der Waals surface area contributed by atoms with E-state index in [0.717, 1.165) is 6.07 Å². The summed E-state index contributed by atoms with van der Waals surface area (Å²) in [6.45, 7) is 1.92. The van der Waals surface area contributed by atoms with Gasteiger partial charge in [-0.15, -0.1) is 5.10 Å². The van der Waals surface area contributed by atoms with Crippen molar-refractivity contribution in [3.8, 4) is 11.4 Å². The lowest BCUT2D eigenvalue weighted by Crippen LogP contribution is -2.25. The molecule has 1 atom stereocenters. The molecule has 1 aliphatic rings. The molecule has 2 heterocycles. The van der Waals surface area contributed by atoms with Crippen molar-refractivity contribution in [3.63, 3.8) is 0 Å². The van der Waals surface area contributed by atoms with E-state index in [2.05, 4.69) is 15.1 Å². The smallest absolute Gasteiger partial charge is 0.352 e. The lowest BCUT2D eigenvalue weighted by molar-refractivity contribution is -0.385. The minimum Gasteiger partial charge on any atom is -0.465 e. The lowest BCUT2D eigenvalue weighted by Gasteiger charge is -2.20. The standard InChI is InChI=1S/C15H14FN5O4/c1-3-8-7-12(14(22)25-2)17-15-18-13(19-20(8)15)10-5-4-9(21(23)24)6-11(10)16/h4-6,8H,3,7H2,1-2H3. The Kier molecular flexibility index (Phi) is 4.26. The Balaban J connectivity index is 2.05. The van der Waals surface area contributed by atoms with Crippen LogP contribution in [-0.4, -0.2) is 38.5 Å². The summed E-state index contributed by atoms with van der Waals surface area (Å²) >= 11 is 0. The molecule has 25 heavy (non-hydrogen) atoms. The molecule has 3 rings (SSSR count). The summed E-state index contributed by atoms with van der Waals surface area (Å²) in [6, 6.07) is 3.08. The highest BCUT2D eigenvalue weighted by atomic mass is 19.1. The number of ether oxygens (including phenoxy) is 1. The number of nitro groups is 1. The molecule has 2 aromatic rings. The minimum absolute atomic E-state index is 0.0252. The van der Waals surface area contributed by atoms with Crippen LogP contribution in [0.5, 0.6) is 0 Å². The van der Waals surface area contributed by atoms with E-state index in [1.54, 1.807) is 0 Å². The van der Waals surface area contributed by atoms with Crippen LogP contribution in [0.2, 0.25) is 0 Å². The second-order valence-electron chi connectivity index (χ2n) is 5.42. The first-order valence-corrected chi connectivity index (χ1v) is 7.51. The van der Waals surface area contributed by atoms with Crippen molar-refractivity contribution in [3.05, 3.63) is 34.1 Å². The van der Waals surface area contributed by atoms with Crippen molar-refractivity contribution >= 4 is 23.3 Å². The number of benzene rings is 1. The maximum atomic E-state index is 14.2. The number of nitrogens with zero attached hydrogens (tertiary/aromatic N) is 5. The van der Waals surface area contributed by atoms with E-state index in [1.807, 2.05) is 6.92 Å². The van der Waals surface area contributed by atoms with E-state index in [-0.39, 0.29) is 34.8 Å². The predicted molar refractivity (Wildman–Crippen MR) is 85.1 cm³/mol. The van der Waals surface area contributed by atoms with Gasteiger partial charge in [-0.05, 0) is 12.5 Å². The third-order valence-electron chi connectivity index (χ3n) is 3.92. The Morgan fingerprint density at radius 1 is 1.52 bits per heavy atom. The Labute approximate surface area is 141 Å². The first-order chi connectivity index (χ1) is 11.9. The molecule has 0 amide bonds. The van der Waals surface area contributed by atoms with Crippen LogP contribution in [-0.2, 0) is 9.53 Å². The molecule has 1 aliphatic heterocycles. The summed E-state index contributed by atoms with van der Waals surface area (Å²) in [5.41, 5.74) is -0.107. The van der Waals surface area contributed by atoms with Gasteiger partial charge < -0.3 is 4.74 Å². The number of hydrogen-bond donors (Lipinski definition) is 0. The van der Waals surface area contributed by atoms with Gasteiger partial charge in [0.2, 0.25) is 5.95 Å². The van der Waals surface area contributed by atoms with Gasteiger partial charge in [0.15, 0.2) is 5.82 Å². The van der Waals surface area contributed by atoms with Gasteiger partial charge in [0.1, 0.15) is 11.5 Å². The number of methoxy groups -OCH3 is 1. The third kappa shape index (κ3) is 2.97. The molecule has 0 fully saturated rings. The number of esters is 1. The fourth-order valence-electron chi connectivity index (χ4n) is 2.59. The number of halogens is 1. The number of aromatic nitrogens is 3. The number of rotatable bonds is 4. The van der Waals surface area contributed by atoms with Crippen molar-refractivity contribution in [1.29, 1.82) is 0 Å². The second kappa shape index (κ2) is 6.38. The van der Waals surface area contributed by atoms with Gasteiger partial charge in [-0.1, -0.05) is 6.92 Å². The number of carbonyl (C=O) groups excluding carboxylic acids is 1. The molecule has 1 aromatic carbocycles. The van der Waals surface area contributed by atoms with Gasteiger partial charge in [-0.3, -0.25) is 10.1 Å². The van der Waals surface area contributed by atoms with Crippen molar-refractivity contribution < 1.29 is 18.8 Å². The van der Waals surface area contributed by atoms with E-state index in [9.17, 15) is 19.3 Å². The average Bonchev–Trinajstić information content (AvgIpc) is 3.03. The van der Waals surface area contributed by atoms with Gasteiger partial charge in [-0.2, -0.15) is 4.98 Å². The lowest BCUT2D eigenvalue weighted by atomic mass is 10.1. The maximum Gasteiger partial charge on any atom is 0.352 e. The average molecular weight is 347 g/mol. The molecule has 0 spiro atoms. The van der Waals surface area contributed by atoms with E-state index in [0.29, 0.717) is 12.8 Å². The highest BCUT2D eigenvalue weighted by Crippen LogP contribution is 2.32. The van der Waals surface area contributed by atoms with Crippen LogP contribution in [0.4, 0.5) is 16.0 Å². The fourth-order valence-corrected chi connectivity index (χ4v) is 2.59. The quantitative estimate of drug-likeness (QED) is 0.477. The zero-order valence-electron chi connectivity index (χ0n) is 13.5. The summed E-state index contributed by atoms with van der Waals surface area (Å²) in [5.74, 6) is -1.12. The van der Waals surface area contributed by atoms with Gasteiger partial charge in [0.05, 0.1) is 29.7 Å². The Morgan fingerprint density at radius 2 is 2.28 bits per heavy atom. The normalized spacial score (nSPS) is 16.1. The summed E-state index contributed by atoms with van der Waals surface area (Å²) in [6.07, 6.45) is 0.996. The Hall–Kier alpha value is -3.17. The molecule has 0 aliphatic carbocycles. The van der Waals surface area contributed by atoms with Crippen LogP contribution in [0.1, 0.15) is 25.8 Å². The second-order valence-corrected chi connectivity index (χ2v) is 5.42. The number of aliphatic imine (C=N–C) groups is 1. The number of hydrogen-bond acceptors (Lipinski definition) is 7. The highest BCUT2D eigenvalue weighted by molar-refractivity contribution is 6.37. The van der Waals surface area contributed by atoms with Crippen molar-refractivity contribution in [2.45, 2.75) is 25.8 Å². The first kappa shape index (κ1) is 16.7. The molecule has 0 saturated heterocycles. The molecule has 0 radical (unpaired) electrons. The minimum atomic E-state index is -0.803. The van der Waals surface area contributed by atoms with Crippen LogP contribution < -0.4 is 0 Å². The van der Waals surface area contributed by atoms with E-state index >= 15 is 0 Å².